The van der Waals surface area contributed by atoms with Crippen LogP contribution in [-0.4, -0.2) is 35.0 Å². The highest BCUT2D eigenvalue weighted by Crippen LogP contribution is 2.17. The molecule has 1 amide bonds. The monoisotopic (exact) mass is 230 g/mol. The molecular weight excluding hydrogens is 220 g/mol. The average Bonchev–Trinajstić information content (AvgIpc) is 2.51. The molecule has 2 rings (SSSR count). The topological polar surface area (TPSA) is 68.2 Å². The van der Waals surface area contributed by atoms with Gasteiger partial charge in [-0.15, -0.1) is 0 Å². The zero-order valence-electron chi connectivity index (χ0n) is 7.94. The van der Waals surface area contributed by atoms with Crippen LogP contribution in [0, 0.1) is 0 Å². The van der Waals surface area contributed by atoms with Crippen molar-refractivity contribution in [3.8, 4) is 0 Å². The smallest absolute Gasteiger partial charge is 0.414 e. The number of rotatable bonds is 3. The normalized spacial score (nSPS) is 15.8. The van der Waals surface area contributed by atoms with E-state index in [0.29, 0.717) is 11.9 Å². The number of hydrogen-bond donors (Lipinski definition) is 2. The third-order valence-corrected chi connectivity index (χ3v) is 2.30. The molecule has 2 N–H and O–H groups in total. The molecule has 82 valence electrons. The van der Waals surface area contributed by atoms with E-state index in [9.17, 15) is 4.79 Å². The molecule has 0 saturated carbocycles. The summed E-state index contributed by atoms with van der Waals surface area (Å²) in [7, 11) is 0. The van der Waals surface area contributed by atoms with Crippen LogP contribution in [0.3, 0.4) is 0 Å². The summed E-state index contributed by atoms with van der Waals surface area (Å²) in [5.74, 6) is 0.622. The molecule has 0 aromatic carbocycles. The summed E-state index contributed by atoms with van der Waals surface area (Å²) in [6, 6.07) is 1.85. The number of nitrogens with one attached hydrogen (secondary N) is 2. The first-order valence-corrected chi connectivity index (χ1v) is 5.08. The number of ether oxygens (including phenoxy) is 1. The van der Waals surface area contributed by atoms with Crippen LogP contribution in [0.2, 0.25) is 0 Å². The highest BCUT2D eigenvalue weighted by atomic mass is 35.5. The lowest BCUT2D eigenvalue weighted by molar-refractivity contribution is 0.180. The van der Waals surface area contributed by atoms with E-state index in [-0.39, 0.29) is 6.07 Å². The fourth-order valence-corrected chi connectivity index (χ4v) is 1.44. The van der Waals surface area contributed by atoms with E-state index in [0.717, 1.165) is 13.1 Å². The zero-order chi connectivity index (χ0) is 10.7. The lowest BCUT2D eigenvalue weighted by Gasteiger charge is -2.28. The van der Waals surface area contributed by atoms with E-state index >= 15 is 0 Å². The van der Waals surface area contributed by atoms with Crippen molar-refractivity contribution < 1.29 is 9.53 Å². The van der Waals surface area contributed by atoms with Gasteiger partial charge in [-0.1, -0.05) is 11.6 Å². The van der Waals surface area contributed by atoms with Crippen LogP contribution in [0.5, 0.6) is 0 Å². The molecule has 0 unspecified atom stereocenters. The number of aromatic nitrogens is 2. The van der Waals surface area contributed by atoms with E-state index < -0.39 is 6.09 Å². The van der Waals surface area contributed by atoms with Gasteiger partial charge in [0.25, 0.3) is 0 Å². The lowest BCUT2D eigenvalue weighted by Crippen LogP contribution is -2.44. The van der Waals surface area contributed by atoms with Gasteiger partial charge in [0.1, 0.15) is 5.82 Å². The molecule has 2 heterocycles. The van der Waals surface area contributed by atoms with Crippen LogP contribution in [-0.2, 0) is 4.74 Å². The van der Waals surface area contributed by atoms with Crippen molar-refractivity contribution in [2.45, 2.75) is 6.04 Å². The average molecular weight is 231 g/mol. The minimum Gasteiger partial charge on any atom is -0.433 e. The third kappa shape index (κ3) is 2.21. The van der Waals surface area contributed by atoms with E-state index in [1.807, 2.05) is 0 Å². The molecule has 0 atom stereocenters. The Hall–Kier alpha value is -1.27. The van der Waals surface area contributed by atoms with Crippen molar-refractivity contribution >= 4 is 23.5 Å². The summed E-state index contributed by atoms with van der Waals surface area (Å²) in [5.41, 5.74) is 0. The van der Waals surface area contributed by atoms with Crippen LogP contribution in [0.1, 0.15) is 6.04 Å². The number of carbonyl (C=O) groups is 1. The fraction of sp³-hybridized carbons (Fsp3) is 0.500. The lowest BCUT2D eigenvalue weighted by atomic mass is 10.2. The van der Waals surface area contributed by atoms with Crippen LogP contribution in [0.25, 0.3) is 0 Å². The Kier molecular flexibility index (Phi) is 3.08. The minimum atomic E-state index is -0.570. The molecule has 1 aromatic heterocycles. The maximum Gasteiger partial charge on any atom is 0.414 e. The van der Waals surface area contributed by atoms with Crippen molar-refractivity contribution in [2.75, 3.05) is 24.5 Å². The summed E-state index contributed by atoms with van der Waals surface area (Å²) in [6.45, 7) is 1.72. The molecule has 7 heteroatoms. The quantitative estimate of drug-likeness (QED) is 0.753. The Bertz CT molecular complexity index is 350. The molecule has 0 bridgehead atoms. The predicted molar refractivity (Wildman–Crippen MR) is 55.0 cm³/mol. The molecule has 15 heavy (non-hydrogen) atoms. The number of alkyl halides is 1. The molecule has 1 aliphatic rings. The SMILES string of the molecule is O=C(Nc1ccnn1C1CNC1)OCCl. The van der Waals surface area contributed by atoms with Gasteiger partial charge in [0.05, 0.1) is 12.2 Å². The Morgan fingerprint density at radius 1 is 1.80 bits per heavy atom. The Morgan fingerprint density at radius 3 is 3.20 bits per heavy atom. The van der Waals surface area contributed by atoms with E-state index in [4.69, 9.17) is 11.6 Å². The first-order chi connectivity index (χ1) is 7.31. The van der Waals surface area contributed by atoms with Crippen molar-refractivity contribution in [3.05, 3.63) is 12.3 Å². The minimum absolute atomic E-state index is 0.162. The molecule has 0 spiro atoms. The van der Waals surface area contributed by atoms with Crippen molar-refractivity contribution in [2.24, 2.45) is 0 Å². The molecule has 1 fully saturated rings. The van der Waals surface area contributed by atoms with E-state index in [1.54, 1.807) is 16.9 Å². The number of amides is 1. The molecule has 0 aliphatic carbocycles. The maximum absolute atomic E-state index is 11.1. The summed E-state index contributed by atoms with van der Waals surface area (Å²) < 4.78 is 6.32. The first kappa shape index (κ1) is 10.3. The number of nitrogens with zero attached hydrogens (tertiary/aromatic N) is 2. The molecule has 1 aliphatic heterocycles. The van der Waals surface area contributed by atoms with Gasteiger partial charge in [-0.2, -0.15) is 5.10 Å². The zero-order valence-corrected chi connectivity index (χ0v) is 8.70. The number of carbonyl (C=O) groups excluding carboxylic acids is 1. The van der Waals surface area contributed by atoms with Gasteiger partial charge >= 0.3 is 6.09 Å². The van der Waals surface area contributed by atoms with Gasteiger partial charge in [-0.25, -0.2) is 9.48 Å². The van der Waals surface area contributed by atoms with Crippen LogP contribution >= 0.6 is 11.6 Å². The van der Waals surface area contributed by atoms with Gasteiger partial charge in [-0.05, 0) is 0 Å². The number of hydrogen-bond acceptors (Lipinski definition) is 4. The summed E-state index contributed by atoms with van der Waals surface area (Å²) >= 11 is 5.26. The summed E-state index contributed by atoms with van der Waals surface area (Å²) in [6.07, 6.45) is 1.06. The Balaban J connectivity index is 2.01. The largest absolute Gasteiger partial charge is 0.433 e. The van der Waals surface area contributed by atoms with Gasteiger partial charge < -0.3 is 10.1 Å². The molecule has 1 aromatic rings. The highest BCUT2D eigenvalue weighted by Gasteiger charge is 2.22. The van der Waals surface area contributed by atoms with Crippen LogP contribution in [0.15, 0.2) is 12.3 Å². The second kappa shape index (κ2) is 4.50. The summed E-state index contributed by atoms with van der Waals surface area (Å²) in [5, 5.41) is 9.82. The molecule has 1 saturated heterocycles. The Labute approximate surface area is 91.5 Å². The van der Waals surface area contributed by atoms with Crippen molar-refractivity contribution in [3.63, 3.8) is 0 Å². The van der Waals surface area contributed by atoms with E-state index in [1.165, 1.54) is 0 Å². The predicted octanol–water partition coefficient (Wildman–Crippen LogP) is 0.772. The van der Waals surface area contributed by atoms with Crippen LogP contribution in [0.4, 0.5) is 10.6 Å². The second-order valence-corrected chi connectivity index (χ2v) is 3.36. The van der Waals surface area contributed by atoms with Gasteiger partial charge in [-0.3, -0.25) is 5.32 Å². The molecular formula is C8H11ClN4O2. The van der Waals surface area contributed by atoms with Crippen molar-refractivity contribution in [1.82, 2.24) is 15.1 Å². The second-order valence-electron chi connectivity index (χ2n) is 3.14. The number of halogens is 1. The number of anilines is 1. The van der Waals surface area contributed by atoms with Gasteiger partial charge in [0.15, 0.2) is 6.07 Å². The third-order valence-electron chi connectivity index (χ3n) is 2.19. The summed E-state index contributed by atoms with van der Waals surface area (Å²) in [4.78, 5) is 11.1. The van der Waals surface area contributed by atoms with Crippen LogP contribution < -0.4 is 10.6 Å². The maximum atomic E-state index is 11.1. The van der Waals surface area contributed by atoms with Gasteiger partial charge in [0, 0.05) is 19.2 Å². The van der Waals surface area contributed by atoms with Gasteiger partial charge in [0.2, 0.25) is 0 Å². The fourth-order valence-electron chi connectivity index (χ4n) is 1.34. The standard InChI is InChI=1S/C8H11ClN4O2/c9-5-15-8(14)12-7-1-2-11-13(7)6-3-10-4-6/h1-2,6,10H,3-5H2,(H,12,14). The van der Waals surface area contributed by atoms with E-state index in [2.05, 4.69) is 20.5 Å². The molecule has 0 radical (unpaired) electrons. The van der Waals surface area contributed by atoms with Crippen molar-refractivity contribution in [1.29, 1.82) is 0 Å². The first-order valence-electron chi connectivity index (χ1n) is 4.55. The Morgan fingerprint density at radius 2 is 2.60 bits per heavy atom. The molecule has 6 nitrogen and oxygen atoms in total. The highest BCUT2D eigenvalue weighted by molar-refractivity contribution is 6.17.